The number of anilines is 1. The van der Waals surface area contributed by atoms with Crippen LogP contribution in [0.1, 0.15) is 37.7 Å². The molecule has 4 aliphatic carbocycles. The number of nitrogens with one attached hydrogen (secondary N) is 1. The Morgan fingerprint density at radius 3 is 2.38 bits per heavy atom. The minimum absolute atomic E-state index is 0.210. The molecule has 0 atom stereocenters. The van der Waals surface area contributed by atoms with E-state index in [1.54, 1.807) is 6.20 Å². The van der Waals surface area contributed by atoms with Gasteiger partial charge in [-0.05, 0) is 90.3 Å². The van der Waals surface area contributed by atoms with Crippen LogP contribution in [0.4, 0.5) is 5.82 Å². The number of halogens is 1. The lowest BCUT2D eigenvalue weighted by Gasteiger charge is -2.53. The van der Waals surface area contributed by atoms with Gasteiger partial charge < -0.3 is 5.32 Å². The summed E-state index contributed by atoms with van der Waals surface area (Å²) < 4.78 is 0.952. The Balaban J connectivity index is 1.52. The fraction of sp³-hybridized carbons (Fsp3) is 0.647. The molecule has 1 aromatic rings. The Morgan fingerprint density at radius 1 is 1.19 bits per heavy atom. The summed E-state index contributed by atoms with van der Waals surface area (Å²) >= 11 is 3.41. The zero-order valence-electron chi connectivity index (χ0n) is 12.3. The predicted molar refractivity (Wildman–Crippen MR) is 85.8 cm³/mol. The molecule has 4 bridgehead atoms. The third kappa shape index (κ3) is 2.41. The molecule has 4 aliphatic rings. The highest BCUT2D eigenvalue weighted by atomic mass is 79.9. The molecule has 0 aromatic carbocycles. The Bertz CT molecular complexity index is 558. The minimum atomic E-state index is 0.210. The van der Waals surface area contributed by atoms with Crippen molar-refractivity contribution in [2.75, 3.05) is 5.32 Å². The Kier molecular flexibility index (Phi) is 3.32. The molecule has 0 spiro atoms. The molecular weight excluding hydrogens is 328 g/mol. The molecule has 0 radical (unpaired) electrons. The molecule has 3 nitrogen and oxygen atoms in total. The van der Waals surface area contributed by atoms with Gasteiger partial charge in [0.1, 0.15) is 5.82 Å². The summed E-state index contributed by atoms with van der Waals surface area (Å²) in [5, 5.41) is 3.09. The average Bonchev–Trinajstić information content (AvgIpc) is 2.40. The van der Waals surface area contributed by atoms with E-state index in [2.05, 4.69) is 26.2 Å². The second kappa shape index (κ2) is 5.08. The highest BCUT2D eigenvalue weighted by Gasteiger charge is 2.50. The van der Waals surface area contributed by atoms with Crippen molar-refractivity contribution in [2.45, 2.75) is 39.0 Å². The Labute approximate surface area is 134 Å². The molecule has 0 unspecified atom stereocenters. The van der Waals surface area contributed by atoms with Crippen LogP contribution < -0.4 is 5.32 Å². The van der Waals surface area contributed by atoms with Crippen molar-refractivity contribution in [3.05, 3.63) is 22.3 Å². The number of amides is 1. The molecular formula is C17H21BrN2O. The molecule has 5 rings (SSSR count). The van der Waals surface area contributed by atoms with Gasteiger partial charge in [-0.1, -0.05) is 0 Å². The van der Waals surface area contributed by atoms with Crippen LogP contribution in [-0.4, -0.2) is 10.9 Å². The van der Waals surface area contributed by atoms with Crippen LogP contribution in [0.2, 0.25) is 0 Å². The number of nitrogens with zero attached hydrogens (tertiary/aromatic N) is 1. The first-order valence-electron chi connectivity index (χ1n) is 8.03. The molecule has 4 heteroatoms. The summed E-state index contributed by atoms with van der Waals surface area (Å²) in [6.45, 7) is 1.99. The molecule has 4 fully saturated rings. The van der Waals surface area contributed by atoms with E-state index in [1.807, 2.05) is 13.0 Å². The van der Waals surface area contributed by atoms with Gasteiger partial charge in [-0.3, -0.25) is 4.79 Å². The summed E-state index contributed by atoms with van der Waals surface area (Å²) in [4.78, 5) is 17.1. The molecule has 0 aliphatic heterocycles. The number of carbonyl (C=O) groups is 1. The van der Waals surface area contributed by atoms with Gasteiger partial charge >= 0.3 is 0 Å². The van der Waals surface area contributed by atoms with Crippen molar-refractivity contribution < 1.29 is 4.79 Å². The van der Waals surface area contributed by atoms with Crippen LogP contribution in [0, 0.1) is 36.5 Å². The van der Waals surface area contributed by atoms with E-state index >= 15 is 0 Å². The fourth-order valence-corrected chi connectivity index (χ4v) is 5.67. The van der Waals surface area contributed by atoms with Crippen molar-refractivity contribution >= 4 is 27.7 Å². The fourth-order valence-electron chi connectivity index (χ4n) is 5.22. The maximum Gasteiger partial charge on any atom is 0.229 e. The summed E-state index contributed by atoms with van der Waals surface area (Å²) in [5.74, 6) is 4.21. The van der Waals surface area contributed by atoms with Crippen molar-refractivity contribution in [3.63, 3.8) is 0 Å². The van der Waals surface area contributed by atoms with Crippen LogP contribution in [-0.2, 0) is 4.79 Å². The number of aryl methyl sites for hydroxylation is 1. The number of hydrogen-bond acceptors (Lipinski definition) is 2. The van der Waals surface area contributed by atoms with E-state index in [4.69, 9.17) is 0 Å². The lowest BCUT2D eigenvalue weighted by atomic mass is 9.51. The van der Waals surface area contributed by atoms with E-state index in [9.17, 15) is 4.79 Å². The average molecular weight is 349 g/mol. The van der Waals surface area contributed by atoms with Crippen molar-refractivity contribution in [2.24, 2.45) is 29.6 Å². The Morgan fingerprint density at radius 2 is 1.81 bits per heavy atom. The van der Waals surface area contributed by atoms with Gasteiger partial charge in [0.15, 0.2) is 0 Å². The third-order valence-electron chi connectivity index (χ3n) is 5.82. The molecule has 1 amide bonds. The summed E-state index contributed by atoms with van der Waals surface area (Å²) in [6, 6.07) is 2.00. The molecule has 4 saturated carbocycles. The van der Waals surface area contributed by atoms with Crippen LogP contribution in [0.25, 0.3) is 0 Å². The normalized spacial score (nSPS) is 36.8. The molecule has 1 heterocycles. The van der Waals surface area contributed by atoms with E-state index in [0.29, 0.717) is 11.8 Å². The second-order valence-corrected chi connectivity index (χ2v) is 8.18. The van der Waals surface area contributed by atoms with Crippen LogP contribution in [0.15, 0.2) is 16.7 Å². The maximum absolute atomic E-state index is 12.8. The number of rotatable bonds is 2. The van der Waals surface area contributed by atoms with Crippen molar-refractivity contribution in [1.82, 2.24) is 4.98 Å². The standard InChI is InChI=1S/C17H21BrN2O/c1-9-2-14(18)8-19-16(9)20-17(21)15-12-4-10-3-11(6-12)7-13(15)5-10/h2,8,10-13,15H,3-7H2,1H3,(H,19,20,21). The van der Waals surface area contributed by atoms with E-state index in [1.165, 1.54) is 32.1 Å². The van der Waals surface area contributed by atoms with Crippen molar-refractivity contribution in [1.29, 1.82) is 0 Å². The second-order valence-electron chi connectivity index (χ2n) is 7.26. The van der Waals surface area contributed by atoms with E-state index in [0.717, 1.165) is 27.7 Å². The van der Waals surface area contributed by atoms with Gasteiger partial charge in [0.05, 0.1) is 0 Å². The van der Waals surface area contributed by atoms with Crippen LogP contribution >= 0.6 is 15.9 Å². The van der Waals surface area contributed by atoms with Gasteiger partial charge in [-0.2, -0.15) is 0 Å². The predicted octanol–water partition coefficient (Wildman–Crippen LogP) is 4.16. The number of aromatic nitrogens is 1. The highest BCUT2D eigenvalue weighted by Crippen LogP contribution is 2.56. The lowest BCUT2D eigenvalue weighted by molar-refractivity contribution is -0.132. The topological polar surface area (TPSA) is 42.0 Å². The molecule has 0 saturated heterocycles. The SMILES string of the molecule is Cc1cc(Br)cnc1NC(=O)C1C2CC3CC(C2)CC1C3. The quantitative estimate of drug-likeness (QED) is 0.871. The van der Waals surface area contributed by atoms with Crippen LogP contribution in [0.5, 0.6) is 0 Å². The monoisotopic (exact) mass is 348 g/mol. The van der Waals surface area contributed by atoms with Gasteiger partial charge in [-0.25, -0.2) is 4.98 Å². The van der Waals surface area contributed by atoms with Gasteiger partial charge in [-0.15, -0.1) is 0 Å². The molecule has 1 N–H and O–H groups in total. The zero-order chi connectivity index (χ0) is 14.6. The molecule has 112 valence electrons. The third-order valence-corrected chi connectivity index (χ3v) is 6.25. The smallest absolute Gasteiger partial charge is 0.229 e. The number of carbonyl (C=O) groups excluding carboxylic acids is 1. The Hall–Kier alpha value is -0.900. The molecule has 1 aromatic heterocycles. The zero-order valence-corrected chi connectivity index (χ0v) is 13.9. The maximum atomic E-state index is 12.8. The van der Waals surface area contributed by atoms with Crippen molar-refractivity contribution in [3.8, 4) is 0 Å². The van der Waals surface area contributed by atoms with Crippen LogP contribution in [0.3, 0.4) is 0 Å². The summed E-state index contributed by atoms with van der Waals surface area (Å²) in [5.41, 5.74) is 1.02. The van der Waals surface area contributed by atoms with E-state index in [-0.39, 0.29) is 11.8 Å². The van der Waals surface area contributed by atoms with Gasteiger partial charge in [0, 0.05) is 16.6 Å². The first kappa shape index (κ1) is 13.7. The highest BCUT2D eigenvalue weighted by molar-refractivity contribution is 9.10. The summed E-state index contributed by atoms with van der Waals surface area (Å²) in [6.07, 6.45) is 8.28. The lowest BCUT2D eigenvalue weighted by Crippen LogP contribution is -2.49. The van der Waals surface area contributed by atoms with Gasteiger partial charge in [0.25, 0.3) is 0 Å². The molecule has 21 heavy (non-hydrogen) atoms. The number of pyridine rings is 1. The largest absolute Gasteiger partial charge is 0.310 e. The minimum Gasteiger partial charge on any atom is -0.310 e. The summed E-state index contributed by atoms with van der Waals surface area (Å²) in [7, 11) is 0. The first-order chi connectivity index (χ1) is 10.1. The van der Waals surface area contributed by atoms with Gasteiger partial charge in [0.2, 0.25) is 5.91 Å². The van der Waals surface area contributed by atoms with E-state index < -0.39 is 0 Å². The first-order valence-corrected chi connectivity index (χ1v) is 8.82. The number of hydrogen-bond donors (Lipinski definition) is 1.